The van der Waals surface area contributed by atoms with Gasteiger partial charge in [0.2, 0.25) is 0 Å². The number of nitrogens with two attached hydrogens (primary N) is 1. The number of quaternary nitrogens is 1. The molecule has 188 valence electrons. The van der Waals surface area contributed by atoms with Crippen molar-refractivity contribution in [1.82, 2.24) is 0 Å². The first-order valence-corrected chi connectivity index (χ1v) is 14.0. The van der Waals surface area contributed by atoms with E-state index in [1.807, 2.05) is 23.5 Å². The summed E-state index contributed by atoms with van der Waals surface area (Å²) in [6.45, 7) is 3.29. The van der Waals surface area contributed by atoms with E-state index in [2.05, 4.69) is 18.3 Å². The zero-order valence-corrected chi connectivity index (χ0v) is 21.9. The van der Waals surface area contributed by atoms with Crippen LogP contribution in [0.15, 0.2) is 18.2 Å². The lowest BCUT2D eigenvalue weighted by atomic mass is 9.74. The first kappa shape index (κ1) is 24.8. The minimum absolute atomic E-state index is 0. The fraction of sp³-hybridized carbons (Fsp3) is 0.571. The zero-order valence-electron chi connectivity index (χ0n) is 20.3. The quantitative estimate of drug-likeness (QED) is 0.469. The third kappa shape index (κ3) is 4.65. The maximum atomic E-state index is 12.8. The Balaban J connectivity index is 0.00000253. The molecule has 1 aromatic heterocycles. The molecule has 2 fully saturated rings. The van der Waals surface area contributed by atoms with E-state index in [4.69, 9.17) is 9.47 Å². The van der Waals surface area contributed by atoms with Crippen LogP contribution in [-0.4, -0.2) is 18.0 Å². The number of carbonyl (C=O) groups excluding carboxylic acids is 2. The number of halogens is 1. The van der Waals surface area contributed by atoms with Gasteiger partial charge in [0.15, 0.2) is 11.5 Å². The predicted molar refractivity (Wildman–Crippen MR) is 130 cm³/mol. The maximum Gasteiger partial charge on any atom is 0.314 e. The van der Waals surface area contributed by atoms with Crippen molar-refractivity contribution in [3.63, 3.8) is 0 Å². The van der Waals surface area contributed by atoms with Gasteiger partial charge in [-0.25, -0.2) is 0 Å². The van der Waals surface area contributed by atoms with Crippen molar-refractivity contribution in [2.45, 2.75) is 89.6 Å². The topological polar surface area (TPSA) is 69.2 Å². The predicted octanol–water partition coefficient (Wildman–Crippen LogP) is 1.64. The minimum atomic E-state index is -0.184. The van der Waals surface area contributed by atoms with E-state index in [9.17, 15) is 9.59 Å². The van der Waals surface area contributed by atoms with Gasteiger partial charge in [-0.1, -0.05) is 26.2 Å². The summed E-state index contributed by atoms with van der Waals surface area (Å²) in [4.78, 5) is 28.4. The monoisotopic (exact) mass is 515 g/mol. The number of esters is 2. The molecule has 0 saturated heterocycles. The lowest BCUT2D eigenvalue weighted by Crippen LogP contribution is -3.00. The first-order valence-electron chi connectivity index (χ1n) is 13.2. The summed E-state index contributed by atoms with van der Waals surface area (Å²) in [5, 5.41) is 2.49. The normalized spacial score (nSPS) is 23.0. The second-order valence-corrected chi connectivity index (χ2v) is 11.8. The number of aryl methyl sites for hydroxylation is 2. The second kappa shape index (κ2) is 10.2. The Morgan fingerprint density at radius 3 is 2.20 bits per heavy atom. The van der Waals surface area contributed by atoms with E-state index >= 15 is 0 Å². The highest BCUT2D eigenvalue weighted by Gasteiger charge is 2.40. The molecule has 35 heavy (non-hydrogen) atoms. The van der Waals surface area contributed by atoms with Crippen molar-refractivity contribution in [3.05, 3.63) is 44.6 Å². The molecule has 7 heteroatoms. The van der Waals surface area contributed by atoms with Gasteiger partial charge in [0.05, 0.1) is 28.7 Å². The van der Waals surface area contributed by atoms with Gasteiger partial charge in [-0.15, -0.1) is 11.3 Å². The number of rotatable bonds is 6. The Morgan fingerprint density at radius 1 is 0.943 bits per heavy atom. The van der Waals surface area contributed by atoms with Crippen LogP contribution in [0.5, 0.6) is 11.5 Å². The van der Waals surface area contributed by atoms with Gasteiger partial charge in [0, 0.05) is 11.3 Å². The molecule has 2 N–H and O–H groups in total. The summed E-state index contributed by atoms with van der Waals surface area (Å²) >= 11 is 1.96. The molecule has 2 heterocycles. The summed E-state index contributed by atoms with van der Waals surface area (Å²) in [7, 11) is 0. The Kier molecular flexibility index (Phi) is 7.25. The molecular weight excluding hydrogens is 482 g/mol. The number of benzene rings is 1. The van der Waals surface area contributed by atoms with E-state index in [0.29, 0.717) is 23.5 Å². The van der Waals surface area contributed by atoms with Crippen molar-refractivity contribution < 1.29 is 36.8 Å². The first-order chi connectivity index (χ1) is 16.6. The van der Waals surface area contributed by atoms with Crippen molar-refractivity contribution in [1.29, 1.82) is 0 Å². The lowest BCUT2D eigenvalue weighted by molar-refractivity contribution is -0.710. The van der Waals surface area contributed by atoms with Gasteiger partial charge in [0.1, 0.15) is 6.54 Å². The maximum absolute atomic E-state index is 12.8. The molecule has 6 rings (SSSR count). The van der Waals surface area contributed by atoms with E-state index in [1.165, 1.54) is 26.4 Å². The molecule has 2 aromatic rings. The SMILES string of the molecule is CCCc1cc2c(s1)C[NH2+][C@@H]1CCc3cc(OC(=O)C4CCC4)c(OC(=O)C4CCC4)cc3[C@@H]21.[Cl-]. The Hall–Kier alpha value is -1.89. The summed E-state index contributed by atoms with van der Waals surface area (Å²) < 4.78 is 11.8. The average molecular weight is 516 g/mol. The molecule has 4 aliphatic rings. The largest absolute Gasteiger partial charge is 1.00 e. The highest BCUT2D eigenvalue weighted by atomic mass is 35.5. The Morgan fingerprint density at radius 2 is 1.60 bits per heavy atom. The summed E-state index contributed by atoms with van der Waals surface area (Å²) in [5.41, 5.74) is 3.93. The Labute approximate surface area is 217 Å². The molecule has 2 atom stereocenters. The lowest BCUT2D eigenvalue weighted by Gasteiger charge is -2.36. The van der Waals surface area contributed by atoms with Gasteiger partial charge in [0.25, 0.3) is 0 Å². The molecule has 0 spiro atoms. The molecule has 1 aliphatic heterocycles. The molecule has 1 aromatic carbocycles. The van der Waals surface area contributed by atoms with E-state index in [1.54, 1.807) is 0 Å². The van der Waals surface area contributed by atoms with Crippen molar-refractivity contribution in [2.75, 3.05) is 0 Å². The third-order valence-electron chi connectivity index (χ3n) is 8.34. The standard InChI is InChI=1S/C28H33NO4S.ClH/c1-2-5-19-13-21-25(34-19)15-29-22-11-10-18-12-23(32-27(30)16-6-3-7-16)24(14-20(18)26(21)22)33-28(31)17-8-4-9-17;/h12-14,16-17,22,26,29H,2-11,15H2,1H3;1H/t22-,26+;/m1./s1. The fourth-order valence-electron chi connectivity index (χ4n) is 5.88. The van der Waals surface area contributed by atoms with Crippen molar-refractivity contribution >= 4 is 23.3 Å². The van der Waals surface area contributed by atoms with Crippen LogP contribution in [0.1, 0.15) is 90.7 Å². The number of ether oxygens (including phenoxy) is 2. The molecular formula is C28H34ClNO4S. The smallest absolute Gasteiger partial charge is 0.314 e. The summed E-state index contributed by atoms with van der Waals surface area (Å²) in [6, 6.07) is 6.96. The highest BCUT2D eigenvalue weighted by Crippen LogP contribution is 2.46. The fourth-order valence-corrected chi connectivity index (χ4v) is 7.17. The highest BCUT2D eigenvalue weighted by molar-refractivity contribution is 7.12. The van der Waals surface area contributed by atoms with E-state index < -0.39 is 0 Å². The molecule has 0 bridgehead atoms. The second-order valence-electron chi connectivity index (χ2n) is 10.6. The van der Waals surface area contributed by atoms with Gasteiger partial charge in [-0.3, -0.25) is 9.59 Å². The molecule has 5 nitrogen and oxygen atoms in total. The average Bonchev–Trinajstić information content (AvgIpc) is 3.14. The van der Waals surface area contributed by atoms with E-state index in [0.717, 1.165) is 70.8 Å². The Bertz CT molecular complexity index is 1120. The van der Waals surface area contributed by atoms with Gasteiger partial charge < -0.3 is 27.2 Å². The number of thiophene rings is 1. The summed E-state index contributed by atoms with van der Waals surface area (Å²) in [6.07, 6.45) is 10.1. The van der Waals surface area contributed by atoms with Crippen LogP contribution >= 0.6 is 11.3 Å². The van der Waals surface area contributed by atoms with Crippen molar-refractivity contribution in [2.24, 2.45) is 11.8 Å². The molecule has 0 unspecified atom stereocenters. The zero-order chi connectivity index (χ0) is 23.2. The molecule has 0 amide bonds. The molecule has 0 radical (unpaired) electrons. The number of carbonyl (C=O) groups is 2. The number of hydrogen-bond acceptors (Lipinski definition) is 5. The third-order valence-corrected chi connectivity index (χ3v) is 9.58. The minimum Gasteiger partial charge on any atom is -1.00 e. The van der Waals surface area contributed by atoms with Gasteiger partial charge in [-0.05, 0) is 73.4 Å². The van der Waals surface area contributed by atoms with Crippen LogP contribution in [0.25, 0.3) is 0 Å². The van der Waals surface area contributed by atoms with Crippen molar-refractivity contribution in [3.8, 4) is 11.5 Å². The summed E-state index contributed by atoms with van der Waals surface area (Å²) in [5.74, 6) is 0.744. The van der Waals surface area contributed by atoms with Gasteiger partial charge in [-0.2, -0.15) is 0 Å². The van der Waals surface area contributed by atoms with Crippen LogP contribution in [0.2, 0.25) is 0 Å². The van der Waals surface area contributed by atoms with Crippen LogP contribution < -0.4 is 27.2 Å². The van der Waals surface area contributed by atoms with Crippen LogP contribution in [0.4, 0.5) is 0 Å². The van der Waals surface area contributed by atoms with Crippen LogP contribution in [-0.2, 0) is 29.0 Å². The number of fused-ring (bicyclic) bond motifs is 5. The number of hydrogen-bond donors (Lipinski definition) is 1. The van der Waals surface area contributed by atoms with E-state index in [-0.39, 0.29) is 36.2 Å². The molecule has 3 aliphatic carbocycles. The van der Waals surface area contributed by atoms with Crippen LogP contribution in [0, 0.1) is 11.8 Å². The molecule has 2 saturated carbocycles. The van der Waals surface area contributed by atoms with Crippen LogP contribution in [0.3, 0.4) is 0 Å². The van der Waals surface area contributed by atoms with Gasteiger partial charge >= 0.3 is 11.9 Å².